The fraction of sp³-hybridized carbons (Fsp3) is 0.750. The molecule has 0 fully saturated rings. The van der Waals surface area contributed by atoms with Crippen molar-refractivity contribution in [2.75, 3.05) is 20.6 Å². The summed E-state index contributed by atoms with van der Waals surface area (Å²) in [6.45, 7) is 7.81. The molecular weight excluding hydrogens is 218 g/mol. The molecule has 2 unspecified atom stereocenters. The third-order valence-corrected chi connectivity index (χ3v) is 3.67. The van der Waals surface area contributed by atoms with E-state index in [-0.39, 0.29) is 0 Å². The Morgan fingerprint density at radius 3 is 2.50 bits per heavy atom. The Morgan fingerprint density at radius 2 is 2.06 bits per heavy atom. The molecule has 1 aromatic rings. The minimum Gasteiger partial charge on any atom is -0.308 e. The topological polar surface area (TPSA) is 28.2 Å². The maximum Gasteiger partial charge on any atom is 0.0794 e. The molecule has 0 aliphatic heterocycles. The molecule has 0 aliphatic rings. The number of thiazole rings is 1. The molecule has 4 heteroatoms. The van der Waals surface area contributed by atoms with Crippen LogP contribution in [0, 0.1) is 5.92 Å². The van der Waals surface area contributed by atoms with Crippen LogP contribution in [0.5, 0.6) is 0 Å². The molecule has 0 saturated heterocycles. The van der Waals surface area contributed by atoms with Crippen LogP contribution < -0.4 is 5.32 Å². The quantitative estimate of drug-likeness (QED) is 0.829. The van der Waals surface area contributed by atoms with Crippen LogP contribution in [0.2, 0.25) is 0 Å². The summed E-state index contributed by atoms with van der Waals surface area (Å²) in [6, 6.07) is 0.909. The fourth-order valence-electron chi connectivity index (χ4n) is 1.69. The van der Waals surface area contributed by atoms with Crippen LogP contribution in [0.3, 0.4) is 0 Å². The lowest BCUT2D eigenvalue weighted by Crippen LogP contribution is -2.42. The van der Waals surface area contributed by atoms with E-state index in [9.17, 15) is 0 Å². The molecule has 0 radical (unpaired) electrons. The largest absolute Gasteiger partial charge is 0.308 e. The summed E-state index contributed by atoms with van der Waals surface area (Å²) in [5.41, 5.74) is 1.89. The standard InChI is InChI=1S/C12H23N3S/c1-9(2)11(7-15(4)5)14-10(3)12-6-13-8-16-12/h6,8-11,14H,7H2,1-5H3. The normalized spacial score (nSPS) is 15.7. The summed E-state index contributed by atoms with van der Waals surface area (Å²) in [4.78, 5) is 7.67. The van der Waals surface area contributed by atoms with Crippen LogP contribution in [0.1, 0.15) is 31.7 Å². The van der Waals surface area contributed by atoms with Gasteiger partial charge in [-0.15, -0.1) is 11.3 Å². The average Bonchev–Trinajstić information content (AvgIpc) is 2.68. The molecule has 0 amide bonds. The van der Waals surface area contributed by atoms with Gasteiger partial charge in [-0.2, -0.15) is 0 Å². The summed E-state index contributed by atoms with van der Waals surface area (Å²) >= 11 is 1.72. The molecule has 3 nitrogen and oxygen atoms in total. The van der Waals surface area contributed by atoms with Crippen LogP contribution in [-0.2, 0) is 0 Å². The number of aromatic nitrogens is 1. The molecule has 1 rings (SSSR count). The summed E-state index contributed by atoms with van der Waals surface area (Å²) in [5, 5.41) is 3.68. The molecule has 0 bridgehead atoms. The van der Waals surface area contributed by atoms with Gasteiger partial charge in [0.05, 0.1) is 5.51 Å². The van der Waals surface area contributed by atoms with Gasteiger partial charge < -0.3 is 10.2 Å². The molecule has 0 spiro atoms. The first-order valence-electron chi connectivity index (χ1n) is 5.80. The highest BCUT2D eigenvalue weighted by atomic mass is 32.1. The van der Waals surface area contributed by atoms with Gasteiger partial charge in [0.15, 0.2) is 0 Å². The lowest BCUT2D eigenvalue weighted by molar-refractivity contribution is 0.274. The second-order valence-corrected chi connectivity index (χ2v) is 5.82. The van der Waals surface area contributed by atoms with E-state index in [1.165, 1.54) is 4.88 Å². The molecule has 0 aromatic carbocycles. The zero-order valence-corrected chi connectivity index (χ0v) is 11.7. The van der Waals surface area contributed by atoms with E-state index in [1.807, 2.05) is 11.7 Å². The smallest absolute Gasteiger partial charge is 0.0794 e. The molecular formula is C12H23N3S. The maximum absolute atomic E-state index is 4.12. The number of rotatable bonds is 6. The van der Waals surface area contributed by atoms with Gasteiger partial charge in [0.25, 0.3) is 0 Å². The molecule has 92 valence electrons. The highest BCUT2D eigenvalue weighted by molar-refractivity contribution is 7.09. The van der Waals surface area contributed by atoms with Crippen LogP contribution >= 0.6 is 11.3 Å². The van der Waals surface area contributed by atoms with E-state index in [4.69, 9.17) is 0 Å². The number of likely N-dealkylation sites (N-methyl/N-ethyl adjacent to an activating group) is 1. The van der Waals surface area contributed by atoms with Crippen molar-refractivity contribution in [1.29, 1.82) is 0 Å². The molecule has 1 N–H and O–H groups in total. The zero-order valence-electron chi connectivity index (χ0n) is 10.9. The van der Waals surface area contributed by atoms with Gasteiger partial charge in [-0.25, -0.2) is 0 Å². The predicted molar refractivity (Wildman–Crippen MR) is 70.8 cm³/mol. The van der Waals surface area contributed by atoms with Crippen molar-refractivity contribution in [3.8, 4) is 0 Å². The second kappa shape index (κ2) is 6.33. The average molecular weight is 241 g/mol. The van der Waals surface area contributed by atoms with Crippen LogP contribution in [0.4, 0.5) is 0 Å². The third-order valence-electron chi connectivity index (χ3n) is 2.71. The Bertz CT molecular complexity index is 282. The summed E-state index contributed by atoms with van der Waals surface area (Å²) < 4.78 is 0. The van der Waals surface area contributed by atoms with Crippen molar-refractivity contribution in [2.45, 2.75) is 32.9 Å². The number of hydrogen-bond acceptors (Lipinski definition) is 4. The summed E-state index contributed by atoms with van der Waals surface area (Å²) in [7, 11) is 4.24. The number of nitrogens with one attached hydrogen (secondary N) is 1. The molecule has 1 heterocycles. The van der Waals surface area contributed by atoms with E-state index in [2.05, 4.69) is 50.1 Å². The van der Waals surface area contributed by atoms with Crippen molar-refractivity contribution in [2.24, 2.45) is 5.92 Å². The molecule has 1 aromatic heterocycles. The SMILES string of the molecule is CC(NC(CN(C)C)C(C)C)c1cncs1. The number of hydrogen-bond donors (Lipinski definition) is 1. The zero-order chi connectivity index (χ0) is 12.1. The van der Waals surface area contributed by atoms with Crippen LogP contribution in [0.25, 0.3) is 0 Å². The predicted octanol–water partition coefficient (Wildman–Crippen LogP) is 2.38. The fourth-order valence-corrected chi connectivity index (χ4v) is 2.33. The van der Waals surface area contributed by atoms with Gasteiger partial charge >= 0.3 is 0 Å². The molecule has 0 aliphatic carbocycles. The van der Waals surface area contributed by atoms with Gasteiger partial charge in [-0.1, -0.05) is 13.8 Å². The van der Waals surface area contributed by atoms with Crippen molar-refractivity contribution >= 4 is 11.3 Å². The molecule has 16 heavy (non-hydrogen) atoms. The first-order valence-corrected chi connectivity index (χ1v) is 6.67. The Labute approximate surface area is 103 Å². The molecule has 2 atom stereocenters. The summed E-state index contributed by atoms with van der Waals surface area (Å²) in [5.74, 6) is 0.637. The second-order valence-electron chi connectivity index (χ2n) is 4.90. The highest BCUT2D eigenvalue weighted by Crippen LogP contribution is 2.18. The monoisotopic (exact) mass is 241 g/mol. The van der Waals surface area contributed by atoms with E-state index >= 15 is 0 Å². The van der Waals surface area contributed by atoms with Crippen LogP contribution in [-0.4, -0.2) is 36.6 Å². The third kappa shape index (κ3) is 4.20. The Balaban J connectivity index is 2.54. The van der Waals surface area contributed by atoms with E-state index < -0.39 is 0 Å². The first kappa shape index (κ1) is 13.6. The Hall–Kier alpha value is -0.450. The maximum atomic E-state index is 4.12. The van der Waals surface area contributed by atoms with Crippen LogP contribution in [0.15, 0.2) is 11.7 Å². The lowest BCUT2D eigenvalue weighted by Gasteiger charge is -2.28. The van der Waals surface area contributed by atoms with Gasteiger partial charge in [0, 0.05) is 29.7 Å². The minimum atomic E-state index is 0.389. The van der Waals surface area contributed by atoms with Gasteiger partial charge in [-0.05, 0) is 26.9 Å². The molecule has 0 saturated carbocycles. The van der Waals surface area contributed by atoms with E-state index in [0.29, 0.717) is 18.0 Å². The van der Waals surface area contributed by atoms with Crippen molar-refractivity contribution in [3.63, 3.8) is 0 Å². The van der Waals surface area contributed by atoms with Gasteiger partial charge in [0.2, 0.25) is 0 Å². The lowest BCUT2D eigenvalue weighted by atomic mass is 10.0. The van der Waals surface area contributed by atoms with Crippen molar-refractivity contribution in [1.82, 2.24) is 15.2 Å². The number of nitrogens with zero attached hydrogens (tertiary/aromatic N) is 2. The van der Waals surface area contributed by atoms with E-state index in [1.54, 1.807) is 11.3 Å². The Morgan fingerprint density at radius 1 is 1.38 bits per heavy atom. The minimum absolute atomic E-state index is 0.389. The van der Waals surface area contributed by atoms with Gasteiger partial charge in [0.1, 0.15) is 0 Å². The van der Waals surface area contributed by atoms with Crippen molar-refractivity contribution < 1.29 is 0 Å². The summed E-state index contributed by atoms with van der Waals surface area (Å²) in [6.07, 6.45) is 1.95. The van der Waals surface area contributed by atoms with Crippen molar-refractivity contribution in [3.05, 3.63) is 16.6 Å². The highest BCUT2D eigenvalue weighted by Gasteiger charge is 2.18. The first-order chi connectivity index (χ1) is 7.50. The van der Waals surface area contributed by atoms with Gasteiger partial charge in [-0.3, -0.25) is 4.98 Å². The van der Waals surface area contributed by atoms with E-state index in [0.717, 1.165) is 6.54 Å². The Kier molecular flexibility index (Phi) is 5.38.